The lowest BCUT2D eigenvalue weighted by atomic mass is 10.1. The quantitative estimate of drug-likeness (QED) is 0.631. The molecule has 0 spiro atoms. The van der Waals surface area contributed by atoms with Crippen molar-refractivity contribution in [3.63, 3.8) is 0 Å². The molecule has 17 heavy (non-hydrogen) atoms. The summed E-state index contributed by atoms with van der Waals surface area (Å²) in [5, 5.41) is 16.8. The van der Waals surface area contributed by atoms with Gasteiger partial charge in [-0.3, -0.25) is 0 Å². The third-order valence-electron chi connectivity index (χ3n) is 1.90. The number of carboxylic acids is 2. The summed E-state index contributed by atoms with van der Waals surface area (Å²) in [7, 11) is 0. The lowest BCUT2D eigenvalue weighted by Crippen LogP contribution is -2.09. The summed E-state index contributed by atoms with van der Waals surface area (Å²) in [6.45, 7) is 4.51. The Kier molecular flexibility index (Phi) is 7.71. The molecule has 0 saturated carbocycles. The fourth-order valence-electron chi connectivity index (χ4n) is 1.04. The van der Waals surface area contributed by atoms with Crippen molar-refractivity contribution in [1.29, 1.82) is 0 Å². The van der Waals surface area contributed by atoms with Gasteiger partial charge in [-0.25, -0.2) is 9.59 Å². The first-order chi connectivity index (χ1) is 7.91. The van der Waals surface area contributed by atoms with Crippen LogP contribution >= 0.6 is 0 Å². The lowest BCUT2D eigenvalue weighted by Gasteiger charge is -2.10. The van der Waals surface area contributed by atoms with Crippen LogP contribution in [0.25, 0.3) is 0 Å². The Morgan fingerprint density at radius 1 is 1.00 bits per heavy atom. The van der Waals surface area contributed by atoms with Crippen molar-refractivity contribution < 1.29 is 24.5 Å². The molecule has 0 heterocycles. The molecule has 0 bridgehead atoms. The summed E-state index contributed by atoms with van der Waals surface area (Å²) in [5.41, 5.74) is 0. The van der Waals surface area contributed by atoms with Crippen LogP contribution in [-0.4, -0.2) is 35.4 Å². The molecule has 5 heteroatoms. The van der Waals surface area contributed by atoms with Gasteiger partial charge >= 0.3 is 11.9 Å². The molecule has 0 fully saturated rings. The van der Waals surface area contributed by atoms with Crippen LogP contribution in [0.3, 0.4) is 0 Å². The van der Waals surface area contributed by atoms with Gasteiger partial charge in [0.1, 0.15) is 0 Å². The van der Waals surface area contributed by atoms with E-state index in [1.807, 2.05) is 13.8 Å². The zero-order valence-corrected chi connectivity index (χ0v) is 10.00. The van der Waals surface area contributed by atoms with E-state index in [1.165, 1.54) is 0 Å². The minimum Gasteiger partial charge on any atom is -0.478 e. The zero-order chi connectivity index (χ0) is 13.3. The first-order valence-corrected chi connectivity index (χ1v) is 5.31. The van der Waals surface area contributed by atoms with Gasteiger partial charge in [-0.05, 0) is 11.8 Å². The number of ether oxygens (including phenoxy) is 1. The zero-order valence-electron chi connectivity index (χ0n) is 10.00. The summed E-state index contributed by atoms with van der Waals surface area (Å²) in [5.74, 6) is -1.92. The third-order valence-corrected chi connectivity index (χ3v) is 1.90. The SMILES string of the molecule is C[C@H](/C=C/C(=O)O)COC[C@H](C)/C=C/C(=O)O. The van der Waals surface area contributed by atoms with Gasteiger partial charge in [0, 0.05) is 12.2 Å². The molecule has 2 atom stereocenters. The average molecular weight is 242 g/mol. The predicted octanol–water partition coefficient (Wildman–Crippen LogP) is 1.56. The van der Waals surface area contributed by atoms with E-state index < -0.39 is 11.9 Å². The van der Waals surface area contributed by atoms with Crippen LogP contribution in [0, 0.1) is 11.8 Å². The van der Waals surface area contributed by atoms with Crippen molar-refractivity contribution >= 4 is 11.9 Å². The Hall–Kier alpha value is -1.62. The molecule has 0 aromatic carbocycles. The molecule has 0 saturated heterocycles. The molecule has 0 aromatic heterocycles. The molecule has 0 unspecified atom stereocenters. The van der Waals surface area contributed by atoms with Gasteiger partial charge in [-0.1, -0.05) is 26.0 Å². The van der Waals surface area contributed by atoms with Crippen LogP contribution in [0.15, 0.2) is 24.3 Å². The van der Waals surface area contributed by atoms with Crippen molar-refractivity contribution in [1.82, 2.24) is 0 Å². The van der Waals surface area contributed by atoms with Gasteiger partial charge in [0.15, 0.2) is 0 Å². The maximum absolute atomic E-state index is 10.2. The average Bonchev–Trinajstić information content (AvgIpc) is 2.23. The number of carboxylic acid groups (broad SMARTS) is 2. The molecule has 0 aliphatic rings. The van der Waals surface area contributed by atoms with E-state index in [2.05, 4.69) is 0 Å². The molecule has 0 aliphatic carbocycles. The van der Waals surface area contributed by atoms with Crippen LogP contribution in [0.2, 0.25) is 0 Å². The minimum absolute atomic E-state index is 0.0155. The number of hydrogen-bond acceptors (Lipinski definition) is 3. The lowest BCUT2D eigenvalue weighted by molar-refractivity contribution is -0.132. The molecule has 0 rings (SSSR count). The van der Waals surface area contributed by atoms with Crippen molar-refractivity contribution in [2.24, 2.45) is 11.8 Å². The maximum Gasteiger partial charge on any atom is 0.327 e. The summed E-state index contributed by atoms with van der Waals surface area (Å²) in [6, 6.07) is 0. The molecule has 0 amide bonds. The highest BCUT2D eigenvalue weighted by atomic mass is 16.5. The summed E-state index contributed by atoms with van der Waals surface area (Å²) >= 11 is 0. The van der Waals surface area contributed by atoms with E-state index in [4.69, 9.17) is 14.9 Å². The van der Waals surface area contributed by atoms with Crippen molar-refractivity contribution in [3.05, 3.63) is 24.3 Å². The van der Waals surface area contributed by atoms with Gasteiger partial charge in [0.2, 0.25) is 0 Å². The van der Waals surface area contributed by atoms with Gasteiger partial charge in [0.25, 0.3) is 0 Å². The second kappa shape index (κ2) is 8.52. The number of rotatable bonds is 8. The third kappa shape index (κ3) is 10.7. The monoisotopic (exact) mass is 242 g/mol. The van der Waals surface area contributed by atoms with Gasteiger partial charge in [0.05, 0.1) is 13.2 Å². The largest absolute Gasteiger partial charge is 0.478 e. The molecular weight excluding hydrogens is 224 g/mol. The standard InChI is InChI=1S/C12H18O5/c1-9(3-5-11(13)14)7-17-8-10(2)4-6-12(15)16/h3-6,9-10H,7-8H2,1-2H3,(H,13,14)(H,15,16)/b5-3+,6-4+/t9-,10-/m1/s1. The topological polar surface area (TPSA) is 83.8 Å². The Labute approximate surface area is 100 Å². The van der Waals surface area contributed by atoms with E-state index in [1.54, 1.807) is 12.2 Å². The number of aliphatic carboxylic acids is 2. The van der Waals surface area contributed by atoms with Crippen molar-refractivity contribution in [3.8, 4) is 0 Å². The van der Waals surface area contributed by atoms with Crippen molar-refractivity contribution in [2.45, 2.75) is 13.8 Å². The summed E-state index contributed by atoms with van der Waals surface area (Å²) in [4.78, 5) is 20.5. The fourth-order valence-corrected chi connectivity index (χ4v) is 1.04. The van der Waals surface area contributed by atoms with Crippen LogP contribution in [0.5, 0.6) is 0 Å². The molecular formula is C12H18O5. The second-order valence-electron chi connectivity index (χ2n) is 3.89. The molecule has 96 valence electrons. The molecule has 2 N–H and O–H groups in total. The second-order valence-corrected chi connectivity index (χ2v) is 3.89. The smallest absolute Gasteiger partial charge is 0.327 e. The Morgan fingerprint density at radius 3 is 1.65 bits per heavy atom. The van der Waals surface area contributed by atoms with E-state index in [0.29, 0.717) is 13.2 Å². The number of hydrogen-bond donors (Lipinski definition) is 2. The van der Waals surface area contributed by atoms with Crippen LogP contribution < -0.4 is 0 Å². The highest BCUT2D eigenvalue weighted by Gasteiger charge is 2.02. The van der Waals surface area contributed by atoms with E-state index in [9.17, 15) is 9.59 Å². The highest BCUT2D eigenvalue weighted by Crippen LogP contribution is 2.02. The Balaban J connectivity index is 3.76. The Morgan fingerprint density at radius 2 is 1.35 bits per heavy atom. The van der Waals surface area contributed by atoms with Gasteiger partial charge in [-0.2, -0.15) is 0 Å². The van der Waals surface area contributed by atoms with Gasteiger partial charge in [-0.15, -0.1) is 0 Å². The minimum atomic E-state index is -0.977. The number of carbonyl (C=O) groups is 2. The predicted molar refractivity (Wildman–Crippen MR) is 62.7 cm³/mol. The molecule has 5 nitrogen and oxygen atoms in total. The maximum atomic E-state index is 10.2. The van der Waals surface area contributed by atoms with E-state index >= 15 is 0 Å². The highest BCUT2D eigenvalue weighted by molar-refractivity contribution is 5.80. The van der Waals surface area contributed by atoms with E-state index in [0.717, 1.165) is 12.2 Å². The van der Waals surface area contributed by atoms with Crippen LogP contribution in [0.4, 0.5) is 0 Å². The van der Waals surface area contributed by atoms with Gasteiger partial charge < -0.3 is 14.9 Å². The molecule has 0 aromatic rings. The normalized spacial score (nSPS) is 15.2. The fraction of sp³-hybridized carbons (Fsp3) is 0.500. The van der Waals surface area contributed by atoms with Crippen LogP contribution in [-0.2, 0) is 14.3 Å². The van der Waals surface area contributed by atoms with Crippen LogP contribution in [0.1, 0.15) is 13.8 Å². The Bertz CT molecular complexity index is 276. The summed E-state index contributed by atoms with van der Waals surface area (Å²) in [6.07, 6.45) is 5.28. The van der Waals surface area contributed by atoms with Crippen molar-refractivity contribution in [2.75, 3.05) is 13.2 Å². The molecule has 0 aliphatic heterocycles. The first kappa shape index (κ1) is 15.4. The van der Waals surface area contributed by atoms with E-state index in [-0.39, 0.29) is 11.8 Å². The summed E-state index contributed by atoms with van der Waals surface area (Å²) < 4.78 is 5.33. The first-order valence-electron chi connectivity index (χ1n) is 5.31. The molecule has 0 radical (unpaired) electrons.